The molecule has 0 fully saturated rings. The van der Waals surface area contributed by atoms with Gasteiger partial charge in [0.2, 0.25) is 0 Å². The summed E-state index contributed by atoms with van der Waals surface area (Å²) in [5.41, 5.74) is 0.767. The van der Waals surface area contributed by atoms with E-state index >= 15 is 0 Å². The molecule has 0 atom stereocenters. The van der Waals surface area contributed by atoms with Crippen LogP contribution in [-0.4, -0.2) is 36.4 Å². The molecule has 0 spiro atoms. The van der Waals surface area contributed by atoms with E-state index in [1.54, 1.807) is 12.1 Å². The topological polar surface area (TPSA) is 84.6 Å². The molecule has 0 aromatic heterocycles. The molecule has 0 aliphatic rings. The highest BCUT2D eigenvalue weighted by atomic mass is 79.9. The van der Waals surface area contributed by atoms with Gasteiger partial charge in [-0.3, -0.25) is 10.1 Å². The zero-order valence-corrected chi connectivity index (χ0v) is 12.1. The van der Waals surface area contributed by atoms with Gasteiger partial charge in [-0.2, -0.15) is 0 Å². The summed E-state index contributed by atoms with van der Waals surface area (Å²) >= 11 is 3.30. The third-order valence-electron chi connectivity index (χ3n) is 2.43. The predicted molar refractivity (Wildman–Crippen MR) is 75.0 cm³/mol. The second-order valence-electron chi connectivity index (χ2n) is 3.90. The Kier molecular flexibility index (Phi) is 7.57. The Labute approximate surface area is 120 Å². The molecule has 6 nitrogen and oxygen atoms in total. The number of hydrogen-bond acceptors (Lipinski definition) is 5. The molecule has 0 aliphatic heterocycles. The maximum atomic E-state index is 10.9. The number of rotatable bonds is 9. The number of hydrogen-bond donors (Lipinski definition) is 2. The number of aliphatic hydroxyl groups is 1. The van der Waals surface area contributed by atoms with E-state index < -0.39 is 0 Å². The molecule has 7 heteroatoms. The average molecular weight is 333 g/mol. The summed E-state index contributed by atoms with van der Waals surface area (Å²) in [4.78, 5) is 10.5. The predicted octanol–water partition coefficient (Wildman–Crippen LogP) is 1.85. The van der Waals surface area contributed by atoms with Crippen LogP contribution in [0.3, 0.4) is 0 Å². The molecule has 0 heterocycles. The van der Waals surface area contributed by atoms with E-state index in [-0.39, 0.29) is 17.2 Å². The number of aliphatic hydroxyl groups excluding tert-OH is 1. The van der Waals surface area contributed by atoms with Crippen molar-refractivity contribution >= 4 is 21.6 Å². The SMILES string of the molecule is O=[N+]([O-])c1ccc(Br)cc1CNCCCOCCO. The van der Waals surface area contributed by atoms with Crippen LogP contribution in [-0.2, 0) is 11.3 Å². The van der Waals surface area contributed by atoms with Crippen LogP contribution in [0.1, 0.15) is 12.0 Å². The van der Waals surface area contributed by atoms with Crippen LogP contribution in [0.5, 0.6) is 0 Å². The molecule has 0 bridgehead atoms. The van der Waals surface area contributed by atoms with Gasteiger partial charge in [0.1, 0.15) is 0 Å². The van der Waals surface area contributed by atoms with Gasteiger partial charge in [0.25, 0.3) is 5.69 Å². The van der Waals surface area contributed by atoms with Crippen LogP contribution in [0, 0.1) is 10.1 Å². The van der Waals surface area contributed by atoms with E-state index in [9.17, 15) is 10.1 Å². The fraction of sp³-hybridized carbons (Fsp3) is 0.500. The normalized spacial score (nSPS) is 10.6. The van der Waals surface area contributed by atoms with E-state index in [4.69, 9.17) is 9.84 Å². The maximum Gasteiger partial charge on any atom is 0.273 e. The van der Waals surface area contributed by atoms with E-state index in [2.05, 4.69) is 21.2 Å². The van der Waals surface area contributed by atoms with Crippen molar-refractivity contribution in [3.63, 3.8) is 0 Å². The summed E-state index contributed by atoms with van der Waals surface area (Å²) in [5, 5.41) is 22.5. The molecule has 0 saturated carbocycles. The Balaban J connectivity index is 2.36. The highest BCUT2D eigenvalue weighted by molar-refractivity contribution is 9.10. The Bertz CT molecular complexity index is 415. The maximum absolute atomic E-state index is 10.9. The first kappa shape index (κ1) is 16.0. The molecule has 0 aliphatic carbocycles. The molecule has 0 saturated heterocycles. The van der Waals surface area contributed by atoms with Gasteiger partial charge in [0, 0.05) is 29.3 Å². The smallest absolute Gasteiger partial charge is 0.273 e. The average Bonchev–Trinajstić information content (AvgIpc) is 2.37. The summed E-state index contributed by atoms with van der Waals surface area (Å²) in [6, 6.07) is 4.89. The zero-order chi connectivity index (χ0) is 14.1. The van der Waals surface area contributed by atoms with Gasteiger partial charge in [-0.15, -0.1) is 0 Å². The molecule has 0 unspecified atom stereocenters. The van der Waals surface area contributed by atoms with Crippen LogP contribution >= 0.6 is 15.9 Å². The first-order chi connectivity index (χ1) is 9.15. The summed E-state index contributed by atoms with van der Waals surface area (Å²) in [6.45, 7) is 2.08. The van der Waals surface area contributed by atoms with Crippen molar-refractivity contribution in [3.05, 3.63) is 38.3 Å². The lowest BCUT2D eigenvalue weighted by Crippen LogP contribution is -2.17. The molecular weight excluding hydrogens is 316 g/mol. The van der Waals surface area contributed by atoms with Crippen molar-refractivity contribution in [2.75, 3.05) is 26.4 Å². The summed E-state index contributed by atoms with van der Waals surface area (Å²) in [6.07, 6.45) is 0.793. The van der Waals surface area contributed by atoms with Crippen LogP contribution < -0.4 is 5.32 Å². The summed E-state index contributed by atoms with van der Waals surface area (Å²) < 4.78 is 5.93. The van der Waals surface area contributed by atoms with Crippen molar-refractivity contribution in [1.29, 1.82) is 0 Å². The molecule has 19 heavy (non-hydrogen) atoms. The third-order valence-corrected chi connectivity index (χ3v) is 2.92. The van der Waals surface area contributed by atoms with E-state index in [1.165, 1.54) is 6.07 Å². The second kappa shape index (κ2) is 8.98. The Morgan fingerprint density at radius 2 is 2.21 bits per heavy atom. The highest BCUT2D eigenvalue weighted by Crippen LogP contribution is 2.22. The minimum atomic E-state index is -0.381. The highest BCUT2D eigenvalue weighted by Gasteiger charge is 2.12. The monoisotopic (exact) mass is 332 g/mol. The Morgan fingerprint density at radius 1 is 1.42 bits per heavy atom. The molecule has 0 radical (unpaired) electrons. The molecule has 2 N–H and O–H groups in total. The number of nitro groups is 1. The van der Waals surface area contributed by atoms with Crippen molar-refractivity contribution in [2.24, 2.45) is 0 Å². The molecule has 1 aromatic carbocycles. The minimum Gasteiger partial charge on any atom is -0.394 e. The van der Waals surface area contributed by atoms with Gasteiger partial charge >= 0.3 is 0 Å². The number of nitrogens with zero attached hydrogens (tertiary/aromatic N) is 1. The first-order valence-corrected chi connectivity index (χ1v) is 6.76. The lowest BCUT2D eigenvalue weighted by Gasteiger charge is -2.06. The largest absolute Gasteiger partial charge is 0.394 e. The van der Waals surface area contributed by atoms with Gasteiger partial charge in [0.05, 0.1) is 18.1 Å². The first-order valence-electron chi connectivity index (χ1n) is 5.97. The molecule has 0 amide bonds. The third kappa shape index (κ3) is 6.11. The van der Waals surface area contributed by atoms with Crippen LogP contribution in [0.2, 0.25) is 0 Å². The fourth-order valence-corrected chi connectivity index (χ4v) is 1.97. The van der Waals surface area contributed by atoms with Crippen molar-refractivity contribution in [1.82, 2.24) is 5.32 Å². The summed E-state index contributed by atoms with van der Waals surface area (Å²) in [5.74, 6) is 0. The fourth-order valence-electron chi connectivity index (χ4n) is 1.56. The van der Waals surface area contributed by atoms with Gasteiger partial charge in [-0.05, 0) is 25.1 Å². The number of nitro benzene ring substituents is 1. The van der Waals surface area contributed by atoms with Crippen LogP contribution in [0.15, 0.2) is 22.7 Å². The molecule has 106 valence electrons. The number of benzene rings is 1. The van der Waals surface area contributed by atoms with E-state index in [0.717, 1.165) is 10.9 Å². The van der Waals surface area contributed by atoms with E-state index in [1.807, 2.05) is 0 Å². The number of ether oxygens (including phenoxy) is 1. The number of halogens is 1. The molecular formula is C12H17BrN2O4. The van der Waals surface area contributed by atoms with Crippen LogP contribution in [0.25, 0.3) is 0 Å². The zero-order valence-electron chi connectivity index (χ0n) is 10.5. The van der Waals surface area contributed by atoms with E-state index in [0.29, 0.717) is 31.9 Å². The quantitative estimate of drug-likeness (QED) is 0.409. The van der Waals surface area contributed by atoms with Gasteiger partial charge in [-0.1, -0.05) is 15.9 Å². The summed E-state index contributed by atoms with van der Waals surface area (Å²) in [7, 11) is 0. The van der Waals surface area contributed by atoms with Gasteiger partial charge in [0.15, 0.2) is 0 Å². The Hall–Kier alpha value is -1.02. The Morgan fingerprint density at radius 3 is 2.89 bits per heavy atom. The molecule has 1 rings (SSSR count). The lowest BCUT2D eigenvalue weighted by atomic mass is 10.2. The minimum absolute atomic E-state index is 0.0255. The van der Waals surface area contributed by atoms with Gasteiger partial charge in [-0.25, -0.2) is 0 Å². The standard InChI is InChI=1S/C12H17BrN2O4/c13-11-2-3-12(15(17)18)10(8-11)9-14-4-1-6-19-7-5-16/h2-3,8,14,16H,1,4-7,9H2. The van der Waals surface area contributed by atoms with Crippen molar-refractivity contribution < 1.29 is 14.8 Å². The lowest BCUT2D eigenvalue weighted by molar-refractivity contribution is -0.385. The number of nitrogens with one attached hydrogen (secondary N) is 1. The van der Waals surface area contributed by atoms with Crippen LogP contribution in [0.4, 0.5) is 5.69 Å². The second-order valence-corrected chi connectivity index (χ2v) is 4.81. The van der Waals surface area contributed by atoms with Crippen molar-refractivity contribution in [2.45, 2.75) is 13.0 Å². The molecule has 1 aromatic rings. The van der Waals surface area contributed by atoms with Gasteiger partial charge < -0.3 is 15.2 Å². The van der Waals surface area contributed by atoms with Crippen molar-refractivity contribution in [3.8, 4) is 0 Å².